The van der Waals surface area contributed by atoms with Crippen LogP contribution in [-0.4, -0.2) is 36.8 Å². The van der Waals surface area contributed by atoms with Gasteiger partial charge < -0.3 is 18.9 Å². The zero-order chi connectivity index (χ0) is 29.0. The highest BCUT2D eigenvalue weighted by molar-refractivity contribution is 7.07. The first-order chi connectivity index (χ1) is 19.1. The third kappa shape index (κ3) is 6.02. The number of para-hydroxylation sites is 1. The quantitative estimate of drug-likeness (QED) is 0.288. The van der Waals surface area contributed by atoms with Gasteiger partial charge in [0.1, 0.15) is 5.75 Å². The molecular formula is C30H32N2O7S. The molecule has 0 fully saturated rings. The topological polar surface area (TPSA) is 105 Å². The number of ether oxygens (including phenoxy) is 4. The lowest BCUT2D eigenvalue weighted by atomic mass is 9.95. The van der Waals surface area contributed by atoms with Gasteiger partial charge in [-0.2, -0.15) is 0 Å². The van der Waals surface area contributed by atoms with Gasteiger partial charge in [0, 0.05) is 12.5 Å². The van der Waals surface area contributed by atoms with Gasteiger partial charge in [0.15, 0.2) is 16.3 Å². The van der Waals surface area contributed by atoms with Crippen molar-refractivity contribution in [2.45, 2.75) is 40.7 Å². The van der Waals surface area contributed by atoms with Gasteiger partial charge in [0.05, 0.1) is 42.2 Å². The normalized spacial score (nSPS) is 15.0. The zero-order valence-corrected chi connectivity index (χ0v) is 24.2. The molecule has 2 aromatic carbocycles. The van der Waals surface area contributed by atoms with Crippen LogP contribution in [0.15, 0.2) is 63.5 Å². The molecule has 0 radical (unpaired) electrons. The maximum Gasteiger partial charge on any atom is 0.338 e. The zero-order valence-electron chi connectivity index (χ0n) is 23.3. The van der Waals surface area contributed by atoms with Gasteiger partial charge in [-0.25, -0.2) is 9.79 Å². The summed E-state index contributed by atoms with van der Waals surface area (Å²) in [4.78, 5) is 44.0. The average molecular weight is 565 g/mol. The average Bonchev–Trinajstić information content (AvgIpc) is 3.21. The van der Waals surface area contributed by atoms with E-state index in [9.17, 15) is 14.4 Å². The summed E-state index contributed by atoms with van der Waals surface area (Å²) in [5, 5.41) is 0. The standard InChI is InChI=1S/C30H32N2O7S/c1-7-37-22-11-9-8-10-20(22)15-25-28(34)32-27(21-12-13-23(39-19(5)33)24(14-21)36-6)26(18(4)31-30(32)40-25)29(35)38-16-17(2)3/h8-15,17,27H,7,16H2,1-6H3/b25-15-. The van der Waals surface area contributed by atoms with Crippen molar-refractivity contribution in [2.24, 2.45) is 10.9 Å². The Hall–Kier alpha value is -4.18. The molecule has 1 aromatic heterocycles. The number of allylic oxidation sites excluding steroid dienone is 1. The Labute approximate surface area is 236 Å². The van der Waals surface area contributed by atoms with Crippen LogP contribution in [0, 0.1) is 5.92 Å². The molecule has 0 aliphatic carbocycles. The SMILES string of the molecule is CCOc1ccccc1/C=c1\sc2n(c1=O)C(c1ccc(OC(C)=O)c(OC)c1)C(C(=O)OCC(C)C)=C(C)N=2. The van der Waals surface area contributed by atoms with E-state index in [0.717, 1.165) is 5.56 Å². The summed E-state index contributed by atoms with van der Waals surface area (Å²) in [5.41, 5.74) is 1.71. The Morgan fingerprint density at radius 1 is 1.12 bits per heavy atom. The second-order valence-electron chi connectivity index (χ2n) is 9.55. The highest BCUT2D eigenvalue weighted by Gasteiger charge is 2.34. The Morgan fingerprint density at radius 2 is 1.88 bits per heavy atom. The van der Waals surface area contributed by atoms with Gasteiger partial charge in [-0.05, 0) is 49.6 Å². The van der Waals surface area contributed by atoms with Crippen LogP contribution in [0.5, 0.6) is 17.2 Å². The number of esters is 2. The maximum absolute atomic E-state index is 13.9. The van der Waals surface area contributed by atoms with E-state index in [1.165, 1.54) is 29.9 Å². The first-order valence-corrected chi connectivity index (χ1v) is 13.7. The predicted molar refractivity (Wildman–Crippen MR) is 151 cm³/mol. The summed E-state index contributed by atoms with van der Waals surface area (Å²) in [6.07, 6.45) is 1.77. The minimum absolute atomic E-state index is 0.123. The summed E-state index contributed by atoms with van der Waals surface area (Å²) < 4.78 is 24.0. The van der Waals surface area contributed by atoms with Crippen LogP contribution in [0.25, 0.3) is 6.08 Å². The first kappa shape index (κ1) is 28.8. The first-order valence-electron chi connectivity index (χ1n) is 12.9. The van der Waals surface area contributed by atoms with Crippen LogP contribution < -0.4 is 29.1 Å². The lowest BCUT2D eigenvalue weighted by Gasteiger charge is -2.25. The van der Waals surface area contributed by atoms with Crippen molar-refractivity contribution in [3.05, 3.63) is 84.5 Å². The number of thiazole rings is 1. The van der Waals surface area contributed by atoms with E-state index in [0.29, 0.717) is 33.0 Å². The van der Waals surface area contributed by atoms with Crippen molar-refractivity contribution >= 4 is 29.4 Å². The second kappa shape index (κ2) is 12.3. The summed E-state index contributed by atoms with van der Waals surface area (Å²) >= 11 is 1.23. The Morgan fingerprint density at radius 3 is 2.55 bits per heavy atom. The van der Waals surface area contributed by atoms with Crippen LogP contribution in [0.4, 0.5) is 0 Å². The van der Waals surface area contributed by atoms with Crippen LogP contribution in [0.3, 0.4) is 0 Å². The third-order valence-corrected chi connectivity index (χ3v) is 7.03. The van der Waals surface area contributed by atoms with E-state index in [1.54, 1.807) is 31.2 Å². The highest BCUT2D eigenvalue weighted by atomic mass is 32.1. The molecular weight excluding hydrogens is 532 g/mol. The number of nitrogens with zero attached hydrogens (tertiary/aromatic N) is 2. The van der Waals surface area contributed by atoms with Gasteiger partial charge in [-0.1, -0.05) is 49.4 Å². The van der Waals surface area contributed by atoms with E-state index in [2.05, 4.69) is 4.99 Å². The molecule has 0 N–H and O–H groups in total. The molecule has 40 heavy (non-hydrogen) atoms. The third-order valence-electron chi connectivity index (χ3n) is 6.05. The van der Waals surface area contributed by atoms with Crippen LogP contribution in [0.1, 0.15) is 51.8 Å². The number of benzene rings is 2. The molecule has 210 valence electrons. The number of hydrogen-bond acceptors (Lipinski definition) is 9. The van der Waals surface area contributed by atoms with Gasteiger partial charge in [0.25, 0.3) is 5.56 Å². The molecule has 10 heteroatoms. The van der Waals surface area contributed by atoms with Gasteiger partial charge in [0.2, 0.25) is 0 Å². The number of rotatable bonds is 9. The predicted octanol–water partition coefficient (Wildman–Crippen LogP) is 3.77. The van der Waals surface area contributed by atoms with Crippen molar-refractivity contribution in [3.63, 3.8) is 0 Å². The minimum Gasteiger partial charge on any atom is -0.493 e. The van der Waals surface area contributed by atoms with Crippen molar-refractivity contribution in [2.75, 3.05) is 20.3 Å². The van der Waals surface area contributed by atoms with Gasteiger partial charge in [-0.15, -0.1) is 0 Å². The molecule has 1 unspecified atom stereocenters. The summed E-state index contributed by atoms with van der Waals surface area (Å²) in [6, 6.07) is 11.5. The number of carbonyl (C=O) groups is 2. The van der Waals surface area contributed by atoms with E-state index >= 15 is 0 Å². The van der Waals surface area contributed by atoms with E-state index in [-0.39, 0.29) is 35.2 Å². The Kier molecular flexibility index (Phi) is 8.89. The largest absolute Gasteiger partial charge is 0.493 e. The molecule has 2 heterocycles. The summed E-state index contributed by atoms with van der Waals surface area (Å²) in [7, 11) is 1.45. The monoisotopic (exact) mass is 564 g/mol. The number of aromatic nitrogens is 1. The molecule has 0 saturated heterocycles. The fraction of sp³-hybridized carbons (Fsp3) is 0.333. The molecule has 4 rings (SSSR count). The molecule has 0 spiro atoms. The maximum atomic E-state index is 13.9. The smallest absolute Gasteiger partial charge is 0.338 e. The number of carbonyl (C=O) groups excluding carboxylic acids is 2. The van der Waals surface area contributed by atoms with Crippen molar-refractivity contribution < 1.29 is 28.5 Å². The van der Waals surface area contributed by atoms with Crippen LogP contribution in [0.2, 0.25) is 0 Å². The van der Waals surface area contributed by atoms with Crippen LogP contribution in [-0.2, 0) is 14.3 Å². The fourth-order valence-electron chi connectivity index (χ4n) is 4.34. The van der Waals surface area contributed by atoms with Gasteiger partial charge >= 0.3 is 11.9 Å². The molecule has 0 bridgehead atoms. The molecule has 1 aliphatic heterocycles. The molecule has 0 saturated carbocycles. The van der Waals surface area contributed by atoms with E-state index < -0.39 is 18.0 Å². The van der Waals surface area contributed by atoms with Crippen LogP contribution >= 0.6 is 11.3 Å². The van der Waals surface area contributed by atoms with Crippen molar-refractivity contribution in [3.8, 4) is 17.2 Å². The second-order valence-corrected chi connectivity index (χ2v) is 10.6. The fourth-order valence-corrected chi connectivity index (χ4v) is 5.38. The van der Waals surface area contributed by atoms with Gasteiger partial charge in [-0.3, -0.25) is 14.2 Å². The molecule has 1 aliphatic rings. The van der Waals surface area contributed by atoms with Crippen molar-refractivity contribution in [1.29, 1.82) is 0 Å². The Bertz CT molecular complexity index is 1650. The molecule has 1 atom stereocenters. The highest BCUT2D eigenvalue weighted by Crippen LogP contribution is 2.36. The number of fused-ring (bicyclic) bond motifs is 1. The molecule has 9 nitrogen and oxygen atoms in total. The van der Waals surface area contributed by atoms with Crippen molar-refractivity contribution in [1.82, 2.24) is 4.57 Å². The summed E-state index contributed by atoms with van der Waals surface area (Å²) in [6.45, 7) is 9.51. The summed E-state index contributed by atoms with van der Waals surface area (Å²) in [5.74, 6) is 0.234. The number of hydrogen-bond donors (Lipinski definition) is 0. The Balaban J connectivity index is 1.93. The molecule has 0 amide bonds. The lowest BCUT2D eigenvalue weighted by Crippen LogP contribution is -2.40. The van der Waals surface area contributed by atoms with E-state index in [1.807, 2.05) is 45.0 Å². The lowest BCUT2D eigenvalue weighted by molar-refractivity contribution is -0.140. The van der Waals surface area contributed by atoms with E-state index in [4.69, 9.17) is 18.9 Å². The minimum atomic E-state index is -0.847. The molecule has 3 aromatic rings. The number of methoxy groups -OCH3 is 1.